The van der Waals surface area contributed by atoms with Gasteiger partial charge in [-0.25, -0.2) is 0 Å². The van der Waals surface area contributed by atoms with Gasteiger partial charge in [0.15, 0.2) is 5.82 Å². The molecule has 0 spiro atoms. The number of hydrogen-bond acceptors (Lipinski definition) is 4. The minimum absolute atomic E-state index is 0.0278. The monoisotopic (exact) mass is 167 g/mol. The molecule has 0 bridgehead atoms. The molecule has 1 unspecified atom stereocenters. The number of aromatic nitrogens is 4. The third-order valence-corrected chi connectivity index (χ3v) is 3.04. The Morgan fingerprint density at radius 3 is 2.58 bits per heavy atom. The zero-order chi connectivity index (χ0) is 8.82. The summed E-state index contributed by atoms with van der Waals surface area (Å²) in [5, 5.41) is 14.0. The first-order chi connectivity index (χ1) is 5.62. The maximum atomic E-state index is 5.71. The summed E-state index contributed by atoms with van der Waals surface area (Å²) in [5.74, 6) is 0.759. The van der Waals surface area contributed by atoms with Gasteiger partial charge < -0.3 is 5.73 Å². The lowest BCUT2D eigenvalue weighted by Crippen LogP contribution is -2.26. The van der Waals surface area contributed by atoms with Gasteiger partial charge in [0.05, 0.1) is 5.41 Å². The number of nitrogens with one attached hydrogen (secondary N) is 1. The van der Waals surface area contributed by atoms with Crippen LogP contribution in [0.15, 0.2) is 0 Å². The molecule has 1 atom stereocenters. The Balaban J connectivity index is 2.34. The summed E-state index contributed by atoms with van der Waals surface area (Å²) in [6.07, 6.45) is 1.05. The molecule has 5 heteroatoms. The standard InChI is InChI=1S/C7H13N5/c1-6(2)3-7(6,4-8)5-9-11-12-10-5/h3-4,8H2,1-2H3,(H,9,10,11,12). The molecule has 3 N–H and O–H groups in total. The van der Waals surface area contributed by atoms with E-state index in [9.17, 15) is 0 Å². The molecule has 1 aromatic rings. The van der Waals surface area contributed by atoms with Crippen molar-refractivity contribution < 1.29 is 0 Å². The van der Waals surface area contributed by atoms with Crippen LogP contribution in [0.25, 0.3) is 0 Å². The van der Waals surface area contributed by atoms with E-state index in [1.807, 2.05) is 0 Å². The highest BCUT2D eigenvalue weighted by Gasteiger charge is 2.63. The van der Waals surface area contributed by atoms with Crippen molar-refractivity contribution in [2.75, 3.05) is 6.54 Å². The third kappa shape index (κ3) is 0.741. The Bertz CT molecular complexity index is 278. The molecule has 0 radical (unpaired) electrons. The van der Waals surface area contributed by atoms with Crippen LogP contribution in [-0.2, 0) is 5.41 Å². The number of H-pyrrole nitrogens is 1. The summed E-state index contributed by atoms with van der Waals surface area (Å²) < 4.78 is 0. The molecule has 5 nitrogen and oxygen atoms in total. The predicted molar refractivity (Wildman–Crippen MR) is 43.3 cm³/mol. The number of nitrogens with zero attached hydrogens (tertiary/aromatic N) is 3. The van der Waals surface area contributed by atoms with Gasteiger partial charge in [-0.2, -0.15) is 5.21 Å². The first kappa shape index (κ1) is 7.67. The average Bonchev–Trinajstić information content (AvgIpc) is 2.52. The van der Waals surface area contributed by atoms with Gasteiger partial charge in [0, 0.05) is 6.54 Å². The van der Waals surface area contributed by atoms with Crippen LogP contribution in [0.3, 0.4) is 0 Å². The highest BCUT2D eigenvalue weighted by Crippen LogP contribution is 2.62. The molecule has 0 aliphatic heterocycles. The largest absolute Gasteiger partial charge is 0.329 e. The van der Waals surface area contributed by atoms with Crippen molar-refractivity contribution in [3.8, 4) is 0 Å². The molecule has 66 valence electrons. The molecule has 1 aliphatic rings. The van der Waals surface area contributed by atoms with Crippen molar-refractivity contribution in [3.63, 3.8) is 0 Å². The van der Waals surface area contributed by atoms with Crippen molar-refractivity contribution >= 4 is 0 Å². The third-order valence-electron chi connectivity index (χ3n) is 3.04. The van der Waals surface area contributed by atoms with Gasteiger partial charge in [0.25, 0.3) is 0 Å². The summed E-state index contributed by atoms with van der Waals surface area (Å²) in [6, 6.07) is 0. The first-order valence-corrected chi connectivity index (χ1v) is 4.06. The molecule has 2 rings (SSSR count). The van der Waals surface area contributed by atoms with E-state index in [-0.39, 0.29) is 10.8 Å². The molecule has 0 saturated heterocycles. The SMILES string of the molecule is CC1(C)CC1(CN)c1nn[nH]n1. The maximum Gasteiger partial charge on any atom is 0.182 e. The van der Waals surface area contributed by atoms with Crippen LogP contribution in [0.5, 0.6) is 0 Å². The summed E-state index contributed by atoms with van der Waals surface area (Å²) >= 11 is 0. The minimum Gasteiger partial charge on any atom is -0.329 e. The Hall–Kier alpha value is -0.970. The fourth-order valence-electron chi connectivity index (χ4n) is 1.90. The first-order valence-electron chi connectivity index (χ1n) is 4.06. The zero-order valence-corrected chi connectivity index (χ0v) is 7.33. The highest BCUT2D eigenvalue weighted by molar-refractivity contribution is 5.26. The molecule has 0 aromatic carbocycles. The fourth-order valence-corrected chi connectivity index (χ4v) is 1.90. The number of hydrogen-bond donors (Lipinski definition) is 2. The van der Waals surface area contributed by atoms with E-state index < -0.39 is 0 Å². The Labute approximate surface area is 70.7 Å². The van der Waals surface area contributed by atoms with Crippen molar-refractivity contribution in [2.45, 2.75) is 25.7 Å². The quantitative estimate of drug-likeness (QED) is 0.640. The van der Waals surface area contributed by atoms with Gasteiger partial charge in [-0.3, -0.25) is 0 Å². The van der Waals surface area contributed by atoms with Gasteiger partial charge >= 0.3 is 0 Å². The van der Waals surface area contributed by atoms with Gasteiger partial charge in [0.1, 0.15) is 0 Å². The Morgan fingerprint density at radius 1 is 1.58 bits per heavy atom. The second-order valence-electron chi connectivity index (χ2n) is 4.08. The van der Waals surface area contributed by atoms with Crippen LogP contribution in [0.4, 0.5) is 0 Å². The second kappa shape index (κ2) is 2.04. The van der Waals surface area contributed by atoms with E-state index >= 15 is 0 Å². The lowest BCUT2D eigenvalue weighted by atomic mass is 9.95. The van der Waals surface area contributed by atoms with Crippen LogP contribution in [-0.4, -0.2) is 27.2 Å². The van der Waals surface area contributed by atoms with Crippen LogP contribution in [0.2, 0.25) is 0 Å². The number of nitrogens with two attached hydrogens (primary N) is 1. The summed E-state index contributed by atoms with van der Waals surface area (Å²) in [6.45, 7) is 4.95. The van der Waals surface area contributed by atoms with Crippen LogP contribution >= 0.6 is 0 Å². The van der Waals surface area contributed by atoms with E-state index in [1.54, 1.807) is 0 Å². The Kier molecular flexibility index (Phi) is 1.30. The maximum absolute atomic E-state index is 5.71. The number of tetrazole rings is 1. The van der Waals surface area contributed by atoms with Crippen LogP contribution in [0, 0.1) is 5.41 Å². The van der Waals surface area contributed by atoms with Gasteiger partial charge in [-0.05, 0) is 11.8 Å². The number of rotatable bonds is 2. The second-order valence-corrected chi connectivity index (χ2v) is 4.08. The van der Waals surface area contributed by atoms with E-state index in [2.05, 4.69) is 34.5 Å². The molecular weight excluding hydrogens is 154 g/mol. The summed E-state index contributed by atoms with van der Waals surface area (Å²) in [4.78, 5) is 0. The van der Waals surface area contributed by atoms with Gasteiger partial charge in [-0.15, -0.1) is 10.2 Å². The van der Waals surface area contributed by atoms with Crippen LogP contribution < -0.4 is 5.73 Å². The predicted octanol–water partition coefficient (Wildman–Crippen LogP) is -0.174. The van der Waals surface area contributed by atoms with Gasteiger partial charge in [-0.1, -0.05) is 19.1 Å². The topological polar surface area (TPSA) is 80.5 Å². The molecule has 1 aromatic heterocycles. The Morgan fingerprint density at radius 2 is 2.25 bits per heavy atom. The molecule has 1 fully saturated rings. The molecule has 1 aliphatic carbocycles. The molecule has 0 amide bonds. The molecule has 12 heavy (non-hydrogen) atoms. The van der Waals surface area contributed by atoms with Crippen molar-refractivity contribution in [1.29, 1.82) is 0 Å². The van der Waals surface area contributed by atoms with Crippen molar-refractivity contribution in [2.24, 2.45) is 11.1 Å². The van der Waals surface area contributed by atoms with E-state index in [0.717, 1.165) is 12.2 Å². The molecular formula is C7H13N5. The minimum atomic E-state index is -0.0278. The van der Waals surface area contributed by atoms with Crippen LogP contribution in [0.1, 0.15) is 26.1 Å². The van der Waals surface area contributed by atoms with E-state index in [1.165, 1.54) is 0 Å². The van der Waals surface area contributed by atoms with E-state index in [0.29, 0.717) is 6.54 Å². The fraction of sp³-hybridized carbons (Fsp3) is 0.857. The normalized spacial score (nSPS) is 31.9. The van der Waals surface area contributed by atoms with Gasteiger partial charge in [0.2, 0.25) is 0 Å². The van der Waals surface area contributed by atoms with E-state index in [4.69, 9.17) is 5.73 Å². The summed E-state index contributed by atoms with van der Waals surface area (Å²) in [7, 11) is 0. The highest BCUT2D eigenvalue weighted by atomic mass is 15.5. The lowest BCUT2D eigenvalue weighted by Gasteiger charge is -2.12. The smallest absolute Gasteiger partial charge is 0.182 e. The lowest BCUT2D eigenvalue weighted by molar-refractivity contribution is 0.481. The molecule has 1 saturated carbocycles. The summed E-state index contributed by atoms with van der Waals surface area (Å²) in [5.41, 5.74) is 5.91. The molecule has 1 heterocycles. The average molecular weight is 167 g/mol. The van der Waals surface area contributed by atoms with Crippen molar-refractivity contribution in [1.82, 2.24) is 20.6 Å². The van der Waals surface area contributed by atoms with Crippen molar-refractivity contribution in [3.05, 3.63) is 5.82 Å². The number of aromatic amines is 1. The zero-order valence-electron chi connectivity index (χ0n) is 7.33.